The maximum Gasteiger partial charge on any atom is 0.287 e. The summed E-state index contributed by atoms with van der Waals surface area (Å²) in [5.74, 6) is 0.113. The number of piperidine rings is 1. The highest BCUT2D eigenvalue weighted by atomic mass is 32.1. The second-order valence-corrected chi connectivity index (χ2v) is 9.94. The van der Waals surface area contributed by atoms with Gasteiger partial charge >= 0.3 is 0 Å². The van der Waals surface area contributed by atoms with Crippen molar-refractivity contribution in [2.45, 2.75) is 43.9 Å². The topological polar surface area (TPSA) is 80.5 Å². The highest BCUT2D eigenvalue weighted by Gasteiger charge is 2.54. The third kappa shape index (κ3) is 3.95. The number of likely N-dealkylation sites (tertiary alicyclic amines) is 1. The molecule has 8 heteroatoms. The van der Waals surface area contributed by atoms with Gasteiger partial charge in [-0.2, -0.15) is 8.75 Å². The first-order valence-electron chi connectivity index (χ1n) is 12.2. The molecule has 6 rings (SSSR count). The van der Waals surface area contributed by atoms with Gasteiger partial charge in [0.1, 0.15) is 11.0 Å². The van der Waals surface area contributed by atoms with E-state index in [1.165, 1.54) is 29.1 Å². The van der Waals surface area contributed by atoms with Gasteiger partial charge in [0.05, 0.1) is 30.1 Å². The van der Waals surface area contributed by atoms with Crippen LogP contribution in [0.2, 0.25) is 0 Å². The Balaban J connectivity index is 1.24. The Morgan fingerprint density at radius 1 is 1.14 bits per heavy atom. The number of hydrogen-bond acceptors (Lipinski definition) is 7. The van der Waals surface area contributed by atoms with Crippen molar-refractivity contribution < 1.29 is 13.9 Å². The summed E-state index contributed by atoms with van der Waals surface area (Å²) in [6.45, 7) is 5.44. The minimum absolute atomic E-state index is 0.122. The summed E-state index contributed by atoms with van der Waals surface area (Å²) in [7, 11) is 0. The second-order valence-electron chi connectivity index (χ2n) is 9.41. The number of fused-ring (bicyclic) bond motifs is 3. The van der Waals surface area contributed by atoms with Crippen LogP contribution in [0, 0.1) is 0 Å². The zero-order valence-corrected chi connectivity index (χ0v) is 20.5. The average Bonchev–Trinajstić information content (AvgIpc) is 3.63. The highest BCUT2D eigenvalue weighted by molar-refractivity contribution is 7.00. The fourth-order valence-electron chi connectivity index (χ4n) is 5.91. The minimum atomic E-state index is -0.213. The lowest BCUT2D eigenvalue weighted by Gasteiger charge is -2.44. The second kappa shape index (κ2) is 9.18. The molecule has 35 heavy (non-hydrogen) atoms. The van der Waals surface area contributed by atoms with Crippen LogP contribution in [-0.2, 0) is 16.7 Å². The molecule has 180 valence electrons. The molecule has 1 fully saturated rings. The van der Waals surface area contributed by atoms with E-state index in [0.29, 0.717) is 12.4 Å². The maximum atomic E-state index is 12.9. The summed E-state index contributed by atoms with van der Waals surface area (Å²) >= 11 is 1.26. The van der Waals surface area contributed by atoms with E-state index >= 15 is 0 Å². The molecular weight excluding hydrogens is 460 g/mol. The quantitative estimate of drug-likeness (QED) is 0.424. The van der Waals surface area contributed by atoms with Crippen molar-refractivity contribution in [1.29, 1.82) is 0 Å². The Bertz CT molecular complexity index is 1330. The van der Waals surface area contributed by atoms with Gasteiger partial charge in [-0.3, -0.25) is 9.69 Å². The molecule has 1 N–H and O–H groups in total. The van der Waals surface area contributed by atoms with Gasteiger partial charge in [0.2, 0.25) is 0 Å². The lowest BCUT2D eigenvalue weighted by Crippen LogP contribution is -2.50. The number of amides is 1. The summed E-state index contributed by atoms with van der Waals surface area (Å²) in [5.41, 5.74) is 5.52. The van der Waals surface area contributed by atoms with Crippen molar-refractivity contribution in [3.8, 4) is 0 Å². The van der Waals surface area contributed by atoms with Gasteiger partial charge in [-0.15, -0.1) is 0 Å². The standard InChI is InChI=1S/C27H28N4O3S/c1-2-33-25-24(28-26(32)23-8-5-15-34-23)19-6-3-4-7-20(19)27(25)11-13-31(14-12-27)17-18-9-10-21-22(16-18)30-35-29-21/h3-10,15-16,24-25H,2,11-14,17H2,1H3,(H,28,32)/t24-,25+/m1/s1. The molecule has 0 saturated carbocycles. The largest absolute Gasteiger partial charge is 0.459 e. The molecule has 1 amide bonds. The molecule has 2 aromatic carbocycles. The van der Waals surface area contributed by atoms with E-state index in [-0.39, 0.29) is 23.5 Å². The normalized spacial score (nSPS) is 21.4. The summed E-state index contributed by atoms with van der Waals surface area (Å²) in [6, 6.07) is 18.1. The van der Waals surface area contributed by atoms with Gasteiger partial charge in [-0.1, -0.05) is 30.3 Å². The van der Waals surface area contributed by atoms with Crippen molar-refractivity contribution in [2.24, 2.45) is 0 Å². The van der Waals surface area contributed by atoms with Gasteiger partial charge in [0, 0.05) is 18.6 Å². The average molecular weight is 489 g/mol. The maximum absolute atomic E-state index is 12.9. The molecule has 4 aromatic rings. The summed E-state index contributed by atoms with van der Waals surface area (Å²) in [6.07, 6.45) is 3.35. The van der Waals surface area contributed by atoms with E-state index in [4.69, 9.17) is 9.15 Å². The number of nitrogens with one attached hydrogen (secondary N) is 1. The van der Waals surface area contributed by atoms with Crippen molar-refractivity contribution in [3.63, 3.8) is 0 Å². The minimum Gasteiger partial charge on any atom is -0.459 e. The summed E-state index contributed by atoms with van der Waals surface area (Å²) < 4.78 is 20.5. The molecule has 0 unspecified atom stereocenters. The van der Waals surface area contributed by atoms with E-state index in [0.717, 1.165) is 49.1 Å². The fraction of sp³-hybridized carbons (Fsp3) is 0.370. The molecule has 1 aliphatic heterocycles. The zero-order valence-electron chi connectivity index (χ0n) is 19.6. The number of carbonyl (C=O) groups is 1. The van der Waals surface area contributed by atoms with Crippen molar-refractivity contribution >= 4 is 28.7 Å². The molecule has 1 aliphatic carbocycles. The smallest absolute Gasteiger partial charge is 0.287 e. The van der Waals surface area contributed by atoms with Crippen LogP contribution in [0.4, 0.5) is 0 Å². The van der Waals surface area contributed by atoms with Crippen molar-refractivity contribution in [3.05, 3.63) is 83.3 Å². The number of rotatable bonds is 6. The van der Waals surface area contributed by atoms with Gasteiger partial charge < -0.3 is 14.5 Å². The molecule has 3 heterocycles. The molecule has 1 saturated heterocycles. The van der Waals surface area contributed by atoms with Gasteiger partial charge in [-0.25, -0.2) is 0 Å². The Labute approximate surface area is 208 Å². The number of furan rings is 1. The molecular formula is C27H28N4O3S. The van der Waals surface area contributed by atoms with E-state index in [1.807, 2.05) is 13.0 Å². The Kier molecular flexibility index (Phi) is 5.88. The highest BCUT2D eigenvalue weighted by Crippen LogP contribution is 2.52. The van der Waals surface area contributed by atoms with Crippen LogP contribution in [0.25, 0.3) is 11.0 Å². The number of benzene rings is 2. The van der Waals surface area contributed by atoms with Crippen LogP contribution in [0.5, 0.6) is 0 Å². The molecule has 2 atom stereocenters. The first-order valence-corrected chi connectivity index (χ1v) is 12.9. The predicted molar refractivity (Wildman–Crippen MR) is 134 cm³/mol. The lowest BCUT2D eigenvalue weighted by molar-refractivity contribution is -0.0336. The predicted octanol–water partition coefficient (Wildman–Crippen LogP) is 4.71. The van der Waals surface area contributed by atoms with E-state index in [1.54, 1.807) is 12.1 Å². The third-order valence-electron chi connectivity index (χ3n) is 7.53. The van der Waals surface area contributed by atoms with Crippen LogP contribution >= 0.6 is 11.7 Å². The van der Waals surface area contributed by atoms with E-state index in [2.05, 4.69) is 55.4 Å². The van der Waals surface area contributed by atoms with E-state index < -0.39 is 0 Å². The third-order valence-corrected chi connectivity index (χ3v) is 8.09. The summed E-state index contributed by atoms with van der Waals surface area (Å²) in [5, 5.41) is 3.23. The fourth-order valence-corrected chi connectivity index (χ4v) is 6.43. The molecule has 7 nitrogen and oxygen atoms in total. The van der Waals surface area contributed by atoms with Crippen LogP contribution in [0.1, 0.15) is 53.1 Å². The SMILES string of the molecule is CCO[C@H]1[C@H](NC(=O)c2ccco2)c2ccccc2C12CCN(Cc1ccc3nsnc3c1)CC2. The molecule has 2 aliphatic rings. The van der Waals surface area contributed by atoms with Crippen LogP contribution in [0.15, 0.2) is 65.3 Å². The number of ether oxygens (including phenoxy) is 1. The molecule has 0 radical (unpaired) electrons. The molecule has 0 bridgehead atoms. The number of hydrogen-bond donors (Lipinski definition) is 1. The Hall–Kier alpha value is -3.07. The lowest BCUT2D eigenvalue weighted by atomic mass is 9.71. The van der Waals surface area contributed by atoms with Crippen LogP contribution in [0.3, 0.4) is 0 Å². The van der Waals surface area contributed by atoms with Crippen molar-refractivity contribution in [1.82, 2.24) is 19.0 Å². The van der Waals surface area contributed by atoms with E-state index in [9.17, 15) is 4.79 Å². The van der Waals surface area contributed by atoms with Crippen molar-refractivity contribution in [2.75, 3.05) is 19.7 Å². The Morgan fingerprint density at radius 3 is 2.77 bits per heavy atom. The summed E-state index contributed by atoms with van der Waals surface area (Å²) in [4.78, 5) is 15.5. The monoisotopic (exact) mass is 488 g/mol. The Morgan fingerprint density at radius 2 is 1.97 bits per heavy atom. The number of nitrogens with zero attached hydrogens (tertiary/aromatic N) is 3. The zero-order chi connectivity index (χ0) is 23.8. The molecule has 1 spiro atoms. The number of carbonyl (C=O) groups excluding carboxylic acids is 1. The number of aromatic nitrogens is 2. The first-order chi connectivity index (χ1) is 17.2. The molecule has 2 aromatic heterocycles. The van der Waals surface area contributed by atoms with Gasteiger partial charge in [-0.05, 0) is 73.8 Å². The first kappa shape index (κ1) is 22.4. The van der Waals surface area contributed by atoms with Crippen LogP contribution < -0.4 is 5.32 Å². The van der Waals surface area contributed by atoms with Crippen LogP contribution in [-0.4, -0.2) is 45.4 Å². The van der Waals surface area contributed by atoms with Gasteiger partial charge in [0.15, 0.2) is 5.76 Å². The van der Waals surface area contributed by atoms with Gasteiger partial charge in [0.25, 0.3) is 5.91 Å².